The van der Waals surface area contributed by atoms with Crippen molar-refractivity contribution in [1.29, 1.82) is 0 Å². The number of hydroxylamine groups is 1. The Hall–Kier alpha value is -1.44. The summed E-state index contributed by atoms with van der Waals surface area (Å²) in [6.07, 6.45) is 2.52. The molecule has 7 heteroatoms. The maximum Gasteiger partial charge on any atom is 0.284 e. The van der Waals surface area contributed by atoms with Crippen molar-refractivity contribution in [1.82, 2.24) is 15.7 Å². The van der Waals surface area contributed by atoms with Crippen LogP contribution in [0.25, 0.3) is 0 Å². The van der Waals surface area contributed by atoms with E-state index in [9.17, 15) is 9.59 Å². The Morgan fingerprint density at radius 3 is 2.70 bits per heavy atom. The number of thiophene rings is 1. The molecule has 0 atom stereocenters. The van der Waals surface area contributed by atoms with Crippen LogP contribution in [0.3, 0.4) is 0 Å². The molecule has 0 radical (unpaired) electrons. The molecule has 0 aliphatic carbocycles. The molecule has 2 amide bonds. The number of piperidine rings is 1. The van der Waals surface area contributed by atoms with Crippen LogP contribution in [0.5, 0.6) is 0 Å². The van der Waals surface area contributed by atoms with Crippen molar-refractivity contribution in [2.24, 2.45) is 5.41 Å². The van der Waals surface area contributed by atoms with Crippen LogP contribution in [-0.4, -0.2) is 41.6 Å². The third kappa shape index (κ3) is 2.88. The lowest BCUT2D eigenvalue weighted by molar-refractivity contribution is -0.143. The summed E-state index contributed by atoms with van der Waals surface area (Å²) in [4.78, 5) is 28.3. The standard InChI is InChI=1S/C16H23N3O3S/c1-10-11-9-19(15(21)16(2)4-6-17-7-5-16)8-3-12(11)23-13(10)14(20)18-22/h17,22H,3-9H2,1-2H3,(H,18,20). The molecule has 23 heavy (non-hydrogen) atoms. The van der Waals surface area contributed by atoms with Gasteiger partial charge in [-0.1, -0.05) is 6.92 Å². The second-order valence-corrected chi connectivity index (χ2v) is 7.79. The first kappa shape index (κ1) is 16.4. The predicted molar refractivity (Wildman–Crippen MR) is 87.6 cm³/mol. The van der Waals surface area contributed by atoms with Crippen LogP contribution < -0.4 is 10.8 Å². The van der Waals surface area contributed by atoms with Crippen LogP contribution in [0.15, 0.2) is 0 Å². The molecule has 0 unspecified atom stereocenters. The molecule has 1 aromatic rings. The van der Waals surface area contributed by atoms with Crippen molar-refractivity contribution in [3.63, 3.8) is 0 Å². The van der Waals surface area contributed by atoms with Gasteiger partial charge in [0.2, 0.25) is 5.91 Å². The summed E-state index contributed by atoms with van der Waals surface area (Å²) >= 11 is 1.42. The predicted octanol–water partition coefficient (Wildman–Crippen LogP) is 1.45. The Morgan fingerprint density at radius 1 is 1.35 bits per heavy atom. The first-order valence-corrected chi connectivity index (χ1v) is 8.83. The first-order valence-electron chi connectivity index (χ1n) is 8.02. The first-order chi connectivity index (χ1) is 11.0. The summed E-state index contributed by atoms with van der Waals surface area (Å²) in [5, 5.41) is 12.2. The zero-order valence-electron chi connectivity index (χ0n) is 13.6. The van der Waals surface area contributed by atoms with E-state index in [0.29, 0.717) is 18.0 Å². The van der Waals surface area contributed by atoms with Gasteiger partial charge in [0.25, 0.3) is 5.91 Å². The van der Waals surface area contributed by atoms with Crippen LogP contribution in [0.1, 0.15) is 45.4 Å². The van der Waals surface area contributed by atoms with E-state index in [2.05, 4.69) is 12.2 Å². The van der Waals surface area contributed by atoms with Gasteiger partial charge in [0, 0.05) is 23.4 Å². The number of amides is 2. The monoisotopic (exact) mass is 337 g/mol. The number of fused-ring (bicyclic) bond motifs is 1. The quantitative estimate of drug-likeness (QED) is 0.563. The van der Waals surface area contributed by atoms with Gasteiger partial charge in [0.15, 0.2) is 0 Å². The molecule has 126 valence electrons. The number of rotatable bonds is 2. The third-order valence-corrected chi connectivity index (χ3v) is 6.52. The van der Waals surface area contributed by atoms with Crippen LogP contribution >= 0.6 is 11.3 Å². The summed E-state index contributed by atoms with van der Waals surface area (Å²) in [7, 11) is 0. The molecule has 2 aliphatic heterocycles. The number of nitrogens with one attached hydrogen (secondary N) is 2. The van der Waals surface area contributed by atoms with Crippen molar-refractivity contribution in [2.45, 2.75) is 39.7 Å². The van der Waals surface area contributed by atoms with Gasteiger partial charge in [-0.2, -0.15) is 0 Å². The highest BCUT2D eigenvalue weighted by Gasteiger charge is 2.39. The zero-order chi connectivity index (χ0) is 16.6. The lowest BCUT2D eigenvalue weighted by Crippen LogP contribution is -2.49. The van der Waals surface area contributed by atoms with E-state index in [1.165, 1.54) is 11.3 Å². The summed E-state index contributed by atoms with van der Waals surface area (Å²) in [5.41, 5.74) is 3.38. The van der Waals surface area contributed by atoms with Crippen molar-refractivity contribution < 1.29 is 14.8 Å². The fourth-order valence-electron chi connectivity index (χ4n) is 3.54. The van der Waals surface area contributed by atoms with Crippen LogP contribution in [0, 0.1) is 12.3 Å². The van der Waals surface area contributed by atoms with Gasteiger partial charge in [0.1, 0.15) is 0 Å². The fourth-order valence-corrected chi connectivity index (χ4v) is 4.73. The molecule has 1 fully saturated rings. The van der Waals surface area contributed by atoms with Gasteiger partial charge in [0.05, 0.1) is 4.88 Å². The Bertz CT molecular complexity index is 635. The number of carbonyl (C=O) groups is 2. The maximum atomic E-state index is 13.0. The minimum Gasteiger partial charge on any atom is -0.337 e. The van der Waals surface area contributed by atoms with E-state index >= 15 is 0 Å². The third-order valence-electron chi connectivity index (χ3n) is 5.13. The number of hydrogen-bond donors (Lipinski definition) is 3. The highest BCUT2D eigenvalue weighted by Crippen LogP contribution is 2.36. The summed E-state index contributed by atoms with van der Waals surface area (Å²) < 4.78 is 0. The van der Waals surface area contributed by atoms with Crippen LogP contribution in [-0.2, 0) is 17.8 Å². The lowest BCUT2D eigenvalue weighted by atomic mass is 9.79. The largest absolute Gasteiger partial charge is 0.337 e. The number of nitrogens with zero attached hydrogens (tertiary/aromatic N) is 1. The number of carbonyl (C=O) groups excluding carboxylic acids is 2. The molecule has 0 aromatic carbocycles. The van der Waals surface area contributed by atoms with Crippen molar-refractivity contribution >= 4 is 23.2 Å². The van der Waals surface area contributed by atoms with Gasteiger partial charge < -0.3 is 10.2 Å². The highest BCUT2D eigenvalue weighted by molar-refractivity contribution is 7.14. The van der Waals surface area contributed by atoms with Crippen LogP contribution in [0.4, 0.5) is 0 Å². The minimum atomic E-state index is -0.468. The van der Waals surface area contributed by atoms with Crippen LogP contribution in [0.2, 0.25) is 0 Å². The summed E-state index contributed by atoms with van der Waals surface area (Å²) in [6.45, 7) is 7.00. The Balaban J connectivity index is 1.81. The fraction of sp³-hybridized carbons (Fsp3) is 0.625. The van der Waals surface area contributed by atoms with Gasteiger partial charge in [-0.3, -0.25) is 14.8 Å². The molecule has 0 spiro atoms. The van der Waals surface area contributed by atoms with E-state index < -0.39 is 5.91 Å². The normalized spacial score (nSPS) is 20.0. The van der Waals surface area contributed by atoms with E-state index in [4.69, 9.17) is 5.21 Å². The molecule has 1 saturated heterocycles. The molecular formula is C16H23N3O3S. The summed E-state index contributed by atoms with van der Waals surface area (Å²) in [5.74, 6) is -0.242. The molecule has 2 aliphatic rings. The Morgan fingerprint density at radius 2 is 2.04 bits per heavy atom. The van der Waals surface area contributed by atoms with E-state index in [1.807, 2.05) is 11.8 Å². The summed E-state index contributed by atoms with van der Waals surface area (Å²) in [6, 6.07) is 0. The second-order valence-electron chi connectivity index (χ2n) is 6.69. The Kier molecular flexibility index (Phi) is 4.44. The molecule has 0 saturated carbocycles. The highest BCUT2D eigenvalue weighted by atomic mass is 32.1. The van der Waals surface area contributed by atoms with Gasteiger partial charge >= 0.3 is 0 Å². The molecule has 1 aromatic heterocycles. The minimum absolute atomic E-state index is 0.225. The number of hydrogen-bond acceptors (Lipinski definition) is 5. The molecule has 3 N–H and O–H groups in total. The average Bonchev–Trinajstić information content (AvgIpc) is 2.90. The van der Waals surface area contributed by atoms with Crippen molar-refractivity contribution in [2.75, 3.05) is 19.6 Å². The topological polar surface area (TPSA) is 81.7 Å². The SMILES string of the molecule is Cc1c(C(=O)NO)sc2c1CN(C(=O)C1(C)CCNCC1)CC2. The maximum absolute atomic E-state index is 13.0. The molecule has 6 nitrogen and oxygen atoms in total. The molecule has 3 rings (SSSR count). The molecule has 0 bridgehead atoms. The van der Waals surface area contributed by atoms with Gasteiger partial charge in [-0.05, 0) is 50.4 Å². The second kappa shape index (κ2) is 6.22. The van der Waals surface area contributed by atoms with E-state index in [-0.39, 0.29) is 11.3 Å². The van der Waals surface area contributed by atoms with Gasteiger partial charge in [-0.15, -0.1) is 11.3 Å². The average molecular weight is 337 g/mol. The molecular weight excluding hydrogens is 314 g/mol. The van der Waals surface area contributed by atoms with Crippen molar-refractivity contribution in [3.05, 3.63) is 20.9 Å². The van der Waals surface area contributed by atoms with E-state index in [1.54, 1.807) is 5.48 Å². The van der Waals surface area contributed by atoms with E-state index in [0.717, 1.165) is 48.4 Å². The Labute approximate surface area is 139 Å². The molecule has 3 heterocycles. The zero-order valence-corrected chi connectivity index (χ0v) is 14.4. The lowest BCUT2D eigenvalue weighted by Gasteiger charge is -2.39. The smallest absolute Gasteiger partial charge is 0.284 e. The van der Waals surface area contributed by atoms with Gasteiger partial charge in [-0.25, -0.2) is 5.48 Å². The van der Waals surface area contributed by atoms with Crippen molar-refractivity contribution in [3.8, 4) is 0 Å².